The van der Waals surface area contributed by atoms with Gasteiger partial charge in [-0.15, -0.1) is 0 Å². The first-order valence-corrected chi connectivity index (χ1v) is 6.95. The molecule has 1 heterocycles. The minimum Gasteiger partial charge on any atom is -0.267 e. The lowest BCUT2D eigenvalue weighted by Crippen LogP contribution is -2.11. The molecule has 21 heavy (non-hydrogen) atoms. The Morgan fingerprint density at radius 1 is 1.10 bits per heavy atom. The lowest BCUT2D eigenvalue weighted by Gasteiger charge is -2.07. The molecule has 106 valence electrons. The van der Waals surface area contributed by atoms with Crippen LogP contribution in [0.5, 0.6) is 0 Å². The van der Waals surface area contributed by atoms with Crippen LogP contribution in [0.2, 0.25) is 0 Å². The van der Waals surface area contributed by atoms with Crippen LogP contribution in [-0.4, -0.2) is 10.2 Å². The molecule has 0 bridgehead atoms. The third-order valence-corrected chi connectivity index (χ3v) is 3.83. The number of nitrogens with zero attached hydrogens (tertiary/aromatic N) is 1. The van der Waals surface area contributed by atoms with Crippen molar-refractivity contribution >= 4 is 26.7 Å². The van der Waals surface area contributed by atoms with Crippen LogP contribution in [0.3, 0.4) is 0 Å². The lowest BCUT2D eigenvalue weighted by atomic mass is 10.0. The van der Waals surface area contributed by atoms with Crippen molar-refractivity contribution in [2.24, 2.45) is 0 Å². The molecule has 0 amide bonds. The summed E-state index contributed by atoms with van der Waals surface area (Å²) in [6.45, 7) is 0. The third-order valence-electron chi connectivity index (χ3n) is 3.22. The summed E-state index contributed by atoms with van der Waals surface area (Å²) in [4.78, 5) is 11.7. The van der Waals surface area contributed by atoms with Crippen LogP contribution in [0.4, 0.5) is 8.78 Å². The largest absolute Gasteiger partial charge is 0.272 e. The number of hydrogen-bond donors (Lipinski definition) is 1. The zero-order chi connectivity index (χ0) is 15.0. The Morgan fingerprint density at radius 2 is 1.81 bits per heavy atom. The van der Waals surface area contributed by atoms with Gasteiger partial charge in [0.15, 0.2) is 0 Å². The van der Waals surface area contributed by atoms with Crippen molar-refractivity contribution in [2.75, 3.05) is 0 Å². The molecule has 0 saturated carbocycles. The van der Waals surface area contributed by atoms with Gasteiger partial charge in [-0.1, -0.05) is 18.2 Å². The first-order valence-electron chi connectivity index (χ1n) is 6.16. The van der Waals surface area contributed by atoms with Crippen molar-refractivity contribution in [3.05, 3.63) is 74.1 Å². The molecular weight excluding hydrogens is 342 g/mol. The number of halogens is 3. The maximum Gasteiger partial charge on any atom is 0.272 e. The molecule has 0 aliphatic rings. The highest BCUT2D eigenvalue weighted by molar-refractivity contribution is 9.10. The van der Waals surface area contributed by atoms with E-state index in [2.05, 4.69) is 26.1 Å². The molecule has 0 saturated heterocycles. The van der Waals surface area contributed by atoms with Crippen molar-refractivity contribution in [1.29, 1.82) is 0 Å². The average molecular weight is 351 g/mol. The average Bonchev–Trinajstić information content (AvgIpc) is 2.48. The van der Waals surface area contributed by atoms with Gasteiger partial charge in [0.2, 0.25) is 0 Å². The van der Waals surface area contributed by atoms with E-state index in [0.717, 1.165) is 6.07 Å². The van der Waals surface area contributed by atoms with E-state index in [4.69, 9.17) is 0 Å². The summed E-state index contributed by atoms with van der Waals surface area (Å²) >= 11 is 3.04. The molecule has 3 rings (SSSR count). The predicted octanol–water partition coefficient (Wildman–Crippen LogP) is 3.55. The summed E-state index contributed by atoms with van der Waals surface area (Å²) in [5.74, 6) is -1.30. The zero-order valence-electron chi connectivity index (χ0n) is 10.7. The van der Waals surface area contributed by atoms with Crippen LogP contribution in [0.15, 0.2) is 45.7 Å². The molecular formula is C15H9BrF2N2O. The number of aromatic amines is 1. The maximum atomic E-state index is 13.8. The molecule has 1 aromatic heterocycles. The Hall–Kier alpha value is -2.08. The van der Waals surface area contributed by atoms with E-state index >= 15 is 0 Å². The highest BCUT2D eigenvalue weighted by Crippen LogP contribution is 2.23. The molecule has 3 aromatic rings. The number of rotatable bonds is 2. The van der Waals surface area contributed by atoms with Gasteiger partial charge in [-0.3, -0.25) is 4.79 Å². The van der Waals surface area contributed by atoms with Gasteiger partial charge < -0.3 is 0 Å². The van der Waals surface area contributed by atoms with E-state index in [1.807, 2.05) is 0 Å². The Kier molecular flexibility index (Phi) is 3.55. The van der Waals surface area contributed by atoms with Crippen LogP contribution in [0.25, 0.3) is 10.8 Å². The molecule has 6 heteroatoms. The van der Waals surface area contributed by atoms with Crippen molar-refractivity contribution in [3.8, 4) is 0 Å². The van der Waals surface area contributed by atoms with Gasteiger partial charge in [0.1, 0.15) is 11.6 Å². The van der Waals surface area contributed by atoms with Gasteiger partial charge in [0.05, 0.1) is 15.6 Å². The van der Waals surface area contributed by atoms with Crippen LogP contribution >= 0.6 is 15.9 Å². The summed E-state index contributed by atoms with van der Waals surface area (Å²) in [5, 5.41) is 7.52. The molecule has 1 N–H and O–H groups in total. The fourth-order valence-corrected chi connectivity index (χ4v) is 2.58. The summed E-state index contributed by atoms with van der Waals surface area (Å²) in [6, 6.07) is 9.17. The van der Waals surface area contributed by atoms with Crippen LogP contribution in [-0.2, 0) is 6.42 Å². The molecule has 0 radical (unpaired) electrons. The van der Waals surface area contributed by atoms with E-state index in [1.165, 1.54) is 6.07 Å². The first-order chi connectivity index (χ1) is 10.1. The van der Waals surface area contributed by atoms with Crippen LogP contribution in [0, 0.1) is 11.6 Å². The number of hydrogen-bond acceptors (Lipinski definition) is 2. The van der Waals surface area contributed by atoms with Gasteiger partial charge in [0, 0.05) is 17.9 Å². The van der Waals surface area contributed by atoms with E-state index in [9.17, 15) is 13.6 Å². The number of aromatic nitrogens is 2. The number of benzene rings is 2. The second-order valence-electron chi connectivity index (χ2n) is 4.58. The second kappa shape index (κ2) is 5.37. The molecule has 0 fully saturated rings. The van der Waals surface area contributed by atoms with Crippen molar-refractivity contribution in [2.45, 2.75) is 6.42 Å². The minimum absolute atomic E-state index is 0.155. The molecule has 0 atom stereocenters. The van der Waals surface area contributed by atoms with Crippen LogP contribution in [0.1, 0.15) is 11.3 Å². The summed E-state index contributed by atoms with van der Waals surface area (Å²) in [6.07, 6.45) is 0.155. The van der Waals surface area contributed by atoms with Crippen molar-refractivity contribution in [1.82, 2.24) is 10.2 Å². The van der Waals surface area contributed by atoms with Gasteiger partial charge in [-0.25, -0.2) is 13.9 Å². The Labute approximate surface area is 126 Å². The Balaban J connectivity index is 2.13. The quantitative estimate of drug-likeness (QED) is 0.718. The molecule has 0 aliphatic carbocycles. The first kappa shape index (κ1) is 13.9. The number of nitrogens with one attached hydrogen (secondary N) is 1. The van der Waals surface area contributed by atoms with Crippen LogP contribution < -0.4 is 5.56 Å². The smallest absolute Gasteiger partial charge is 0.267 e. The summed E-state index contributed by atoms with van der Waals surface area (Å²) in [5.41, 5.74) is 0.533. The molecule has 0 aliphatic heterocycles. The normalized spacial score (nSPS) is 11.0. The summed E-state index contributed by atoms with van der Waals surface area (Å²) in [7, 11) is 0. The van der Waals surface area contributed by atoms with E-state index < -0.39 is 11.6 Å². The monoisotopic (exact) mass is 350 g/mol. The lowest BCUT2D eigenvalue weighted by molar-refractivity contribution is 0.570. The summed E-state index contributed by atoms with van der Waals surface area (Å²) < 4.78 is 27.3. The standard InChI is InChI=1S/C15H9BrF2N2O/c16-11-5-8(12(17)7-13(11)18)6-14-9-3-1-2-4-10(9)15(21)20-19-14/h1-5,7H,6H2,(H,20,21). The second-order valence-corrected chi connectivity index (χ2v) is 5.43. The SMILES string of the molecule is O=c1[nH]nc(Cc2cc(Br)c(F)cc2F)c2ccccc12. The zero-order valence-corrected chi connectivity index (χ0v) is 12.2. The van der Waals surface area contributed by atoms with Crippen molar-refractivity contribution < 1.29 is 8.78 Å². The van der Waals surface area contributed by atoms with Gasteiger partial charge in [0.25, 0.3) is 5.56 Å². The minimum atomic E-state index is -0.657. The molecule has 2 aromatic carbocycles. The van der Waals surface area contributed by atoms with E-state index in [1.54, 1.807) is 24.3 Å². The Bertz CT molecular complexity index is 892. The maximum absolute atomic E-state index is 13.8. The van der Waals surface area contributed by atoms with E-state index in [0.29, 0.717) is 22.0 Å². The number of fused-ring (bicyclic) bond motifs is 1. The fourth-order valence-electron chi connectivity index (χ4n) is 2.19. The fraction of sp³-hybridized carbons (Fsp3) is 0.0667. The molecule has 0 unspecified atom stereocenters. The van der Waals surface area contributed by atoms with Crippen molar-refractivity contribution in [3.63, 3.8) is 0 Å². The van der Waals surface area contributed by atoms with Gasteiger partial charge >= 0.3 is 0 Å². The third kappa shape index (κ3) is 2.58. The molecule has 0 spiro atoms. The number of H-pyrrole nitrogens is 1. The van der Waals surface area contributed by atoms with E-state index in [-0.39, 0.29) is 16.5 Å². The highest BCUT2D eigenvalue weighted by atomic mass is 79.9. The molecule has 3 nitrogen and oxygen atoms in total. The predicted molar refractivity (Wildman–Crippen MR) is 79.2 cm³/mol. The Morgan fingerprint density at radius 3 is 2.57 bits per heavy atom. The van der Waals surface area contributed by atoms with Gasteiger partial charge in [-0.05, 0) is 33.6 Å². The highest BCUT2D eigenvalue weighted by Gasteiger charge is 2.12. The van der Waals surface area contributed by atoms with Gasteiger partial charge in [-0.2, -0.15) is 5.10 Å². The topological polar surface area (TPSA) is 45.8 Å².